The van der Waals surface area contributed by atoms with Crippen molar-refractivity contribution in [1.82, 2.24) is 0 Å². The van der Waals surface area contributed by atoms with E-state index in [-0.39, 0.29) is 11.2 Å². The lowest BCUT2D eigenvalue weighted by Crippen LogP contribution is -2.26. The Morgan fingerprint density at radius 3 is 2.50 bits per heavy atom. The molecule has 1 rings (SSSR count). The molecule has 0 saturated heterocycles. The third-order valence-electron chi connectivity index (χ3n) is 2.43. The van der Waals surface area contributed by atoms with Crippen molar-refractivity contribution in [3.8, 4) is 0 Å². The van der Waals surface area contributed by atoms with Gasteiger partial charge in [0, 0.05) is 0 Å². The molecule has 0 bridgehead atoms. The van der Waals surface area contributed by atoms with Crippen molar-refractivity contribution in [2.45, 2.75) is 27.2 Å². The van der Waals surface area contributed by atoms with Gasteiger partial charge in [-0.1, -0.05) is 26.0 Å². The molecule has 1 nitrogen and oxygen atoms in total. The number of hydrogen-bond donors (Lipinski definition) is 1. The standard InChI is InChI=1S/C12H18FN/c1-9-4-5-10(11(13)6-9)7-12(2,3)8-14/h4-6H,7-8,14H2,1-3H3. The van der Waals surface area contributed by atoms with E-state index >= 15 is 0 Å². The maximum atomic E-state index is 13.5. The highest BCUT2D eigenvalue weighted by Crippen LogP contribution is 2.22. The summed E-state index contributed by atoms with van der Waals surface area (Å²) in [6, 6.07) is 5.36. The van der Waals surface area contributed by atoms with Crippen LogP contribution in [0.2, 0.25) is 0 Å². The zero-order valence-corrected chi connectivity index (χ0v) is 9.10. The lowest BCUT2D eigenvalue weighted by molar-refractivity contribution is 0.370. The van der Waals surface area contributed by atoms with E-state index < -0.39 is 0 Å². The Labute approximate surface area is 85.1 Å². The molecule has 0 spiro atoms. The zero-order valence-electron chi connectivity index (χ0n) is 9.10. The van der Waals surface area contributed by atoms with Crippen LogP contribution in [0.4, 0.5) is 4.39 Å². The molecule has 0 aromatic heterocycles. The van der Waals surface area contributed by atoms with Crippen LogP contribution >= 0.6 is 0 Å². The molecule has 0 fully saturated rings. The molecule has 0 aliphatic carbocycles. The summed E-state index contributed by atoms with van der Waals surface area (Å²) in [5, 5.41) is 0. The predicted molar refractivity (Wildman–Crippen MR) is 57.7 cm³/mol. The molecule has 0 atom stereocenters. The van der Waals surface area contributed by atoms with Crippen LogP contribution in [-0.4, -0.2) is 6.54 Å². The monoisotopic (exact) mass is 195 g/mol. The normalized spacial score (nSPS) is 11.8. The van der Waals surface area contributed by atoms with Crippen LogP contribution in [0.15, 0.2) is 18.2 Å². The van der Waals surface area contributed by atoms with Crippen LogP contribution in [0.25, 0.3) is 0 Å². The number of aryl methyl sites for hydroxylation is 1. The minimum atomic E-state index is -0.119. The van der Waals surface area contributed by atoms with Crippen molar-refractivity contribution < 1.29 is 4.39 Å². The Balaban J connectivity index is 2.87. The highest BCUT2D eigenvalue weighted by Gasteiger charge is 2.18. The molecule has 0 saturated carbocycles. The predicted octanol–water partition coefficient (Wildman–Crippen LogP) is 2.66. The summed E-state index contributed by atoms with van der Waals surface area (Å²) in [4.78, 5) is 0. The summed E-state index contributed by atoms with van der Waals surface area (Å²) in [5.41, 5.74) is 7.29. The summed E-state index contributed by atoms with van der Waals surface area (Å²) in [6.45, 7) is 6.56. The smallest absolute Gasteiger partial charge is 0.126 e. The molecule has 2 heteroatoms. The Morgan fingerprint density at radius 2 is 2.00 bits per heavy atom. The number of hydrogen-bond acceptors (Lipinski definition) is 1. The van der Waals surface area contributed by atoms with Crippen molar-refractivity contribution in [1.29, 1.82) is 0 Å². The molecule has 1 aromatic rings. The van der Waals surface area contributed by atoms with E-state index in [2.05, 4.69) is 0 Å². The topological polar surface area (TPSA) is 26.0 Å². The first-order valence-corrected chi connectivity index (χ1v) is 4.90. The van der Waals surface area contributed by atoms with Gasteiger partial charge in [-0.25, -0.2) is 4.39 Å². The van der Waals surface area contributed by atoms with Crippen LogP contribution in [0, 0.1) is 18.2 Å². The summed E-state index contributed by atoms with van der Waals surface area (Å²) >= 11 is 0. The number of benzene rings is 1. The second-order valence-electron chi connectivity index (χ2n) is 4.64. The third kappa shape index (κ3) is 2.81. The average molecular weight is 195 g/mol. The van der Waals surface area contributed by atoms with Crippen LogP contribution in [0.3, 0.4) is 0 Å². The van der Waals surface area contributed by atoms with Gasteiger partial charge in [-0.05, 0) is 42.5 Å². The third-order valence-corrected chi connectivity index (χ3v) is 2.43. The van der Waals surface area contributed by atoms with Crippen molar-refractivity contribution in [2.24, 2.45) is 11.1 Å². The van der Waals surface area contributed by atoms with Gasteiger partial charge < -0.3 is 5.73 Å². The van der Waals surface area contributed by atoms with E-state index in [9.17, 15) is 4.39 Å². The fraction of sp³-hybridized carbons (Fsp3) is 0.500. The van der Waals surface area contributed by atoms with Gasteiger partial charge in [0.25, 0.3) is 0 Å². The van der Waals surface area contributed by atoms with Crippen molar-refractivity contribution in [3.05, 3.63) is 35.1 Å². The minimum absolute atomic E-state index is 0.0316. The number of nitrogens with two attached hydrogens (primary N) is 1. The highest BCUT2D eigenvalue weighted by atomic mass is 19.1. The summed E-state index contributed by atoms with van der Waals surface area (Å²) < 4.78 is 13.5. The zero-order chi connectivity index (χ0) is 10.8. The Kier molecular flexibility index (Phi) is 3.27. The molecule has 0 amide bonds. The SMILES string of the molecule is Cc1ccc(CC(C)(C)CN)c(F)c1. The summed E-state index contributed by atoms with van der Waals surface area (Å²) in [6.07, 6.45) is 0.690. The van der Waals surface area contributed by atoms with Crippen LogP contribution < -0.4 is 5.73 Å². The molecule has 14 heavy (non-hydrogen) atoms. The van der Waals surface area contributed by atoms with Gasteiger partial charge in [0.05, 0.1) is 0 Å². The van der Waals surface area contributed by atoms with Crippen molar-refractivity contribution in [2.75, 3.05) is 6.54 Å². The molecule has 0 aliphatic rings. The molecule has 0 aliphatic heterocycles. The molecule has 0 heterocycles. The maximum Gasteiger partial charge on any atom is 0.126 e. The molecule has 2 N–H and O–H groups in total. The van der Waals surface area contributed by atoms with Crippen LogP contribution in [0.5, 0.6) is 0 Å². The second-order valence-corrected chi connectivity index (χ2v) is 4.64. The fourth-order valence-corrected chi connectivity index (χ4v) is 1.38. The van der Waals surface area contributed by atoms with E-state index in [1.807, 2.05) is 32.9 Å². The summed E-state index contributed by atoms with van der Waals surface area (Å²) in [7, 11) is 0. The van der Waals surface area contributed by atoms with E-state index in [1.54, 1.807) is 6.07 Å². The van der Waals surface area contributed by atoms with Gasteiger partial charge >= 0.3 is 0 Å². The van der Waals surface area contributed by atoms with Gasteiger partial charge in [-0.15, -0.1) is 0 Å². The average Bonchev–Trinajstić information content (AvgIpc) is 2.10. The summed E-state index contributed by atoms with van der Waals surface area (Å²) in [5.74, 6) is -0.119. The lowest BCUT2D eigenvalue weighted by atomic mass is 9.85. The first kappa shape index (κ1) is 11.2. The van der Waals surface area contributed by atoms with E-state index in [4.69, 9.17) is 5.73 Å². The first-order chi connectivity index (χ1) is 6.44. The number of rotatable bonds is 3. The number of halogens is 1. The van der Waals surface area contributed by atoms with Gasteiger partial charge in [0.1, 0.15) is 5.82 Å². The molecular formula is C12H18FN. The molecule has 78 valence electrons. The fourth-order valence-electron chi connectivity index (χ4n) is 1.38. The highest BCUT2D eigenvalue weighted by molar-refractivity contribution is 5.24. The van der Waals surface area contributed by atoms with Gasteiger partial charge in [0.2, 0.25) is 0 Å². The van der Waals surface area contributed by atoms with Gasteiger partial charge in [-0.2, -0.15) is 0 Å². The van der Waals surface area contributed by atoms with Crippen molar-refractivity contribution in [3.63, 3.8) is 0 Å². The van der Waals surface area contributed by atoms with Gasteiger partial charge in [-0.3, -0.25) is 0 Å². The first-order valence-electron chi connectivity index (χ1n) is 4.90. The quantitative estimate of drug-likeness (QED) is 0.788. The largest absolute Gasteiger partial charge is 0.330 e. The second kappa shape index (κ2) is 4.09. The van der Waals surface area contributed by atoms with E-state index in [0.29, 0.717) is 13.0 Å². The molecule has 0 unspecified atom stereocenters. The Hall–Kier alpha value is -0.890. The van der Waals surface area contributed by atoms with Crippen LogP contribution in [0.1, 0.15) is 25.0 Å². The van der Waals surface area contributed by atoms with E-state index in [0.717, 1.165) is 11.1 Å². The molecule has 1 aromatic carbocycles. The van der Waals surface area contributed by atoms with E-state index in [1.165, 1.54) is 0 Å². The van der Waals surface area contributed by atoms with Crippen molar-refractivity contribution >= 4 is 0 Å². The van der Waals surface area contributed by atoms with Crippen LogP contribution in [-0.2, 0) is 6.42 Å². The maximum absolute atomic E-state index is 13.5. The minimum Gasteiger partial charge on any atom is -0.330 e. The molecule has 0 radical (unpaired) electrons. The lowest BCUT2D eigenvalue weighted by Gasteiger charge is -2.22. The van der Waals surface area contributed by atoms with Gasteiger partial charge in [0.15, 0.2) is 0 Å². The molecular weight excluding hydrogens is 177 g/mol. The Morgan fingerprint density at radius 1 is 1.36 bits per heavy atom. The Bertz CT molecular complexity index is 318.